The van der Waals surface area contributed by atoms with E-state index in [1.165, 1.54) is 4.90 Å². The molecule has 0 saturated heterocycles. The minimum Gasteiger partial charge on any atom is -0.465 e. The first-order chi connectivity index (χ1) is 14.1. The van der Waals surface area contributed by atoms with Gasteiger partial charge >= 0.3 is 6.09 Å². The molecule has 2 rings (SSSR count). The Bertz CT molecular complexity index is 858. The molecule has 1 aromatic heterocycles. The van der Waals surface area contributed by atoms with Crippen molar-refractivity contribution in [2.75, 3.05) is 13.2 Å². The van der Waals surface area contributed by atoms with Gasteiger partial charge in [-0.25, -0.2) is 4.79 Å². The highest BCUT2D eigenvalue weighted by Gasteiger charge is 2.27. The molecule has 0 bridgehead atoms. The molecule has 0 atom stereocenters. The van der Waals surface area contributed by atoms with E-state index in [1.54, 1.807) is 22.9 Å². The predicted octanol–water partition coefficient (Wildman–Crippen LogP) is 5.86. The molecule has 0 unspecified atom stereocenters. The van der Waals surface area contributed by atoms with Gasteiger partial charge < -0.3 is 19.5 Å². The normalized spacial score (nSPS) is 11.6. The summed E-state index contributed by atoms with van der Waals surface area (Å²) >= 11 is 12.2. The van der Waals surface area contributed by atoms with E-state index < -0.39 is 11.6 Å². The van der Waals surface area contributed by atoms with E-state index in [-0.39, 0.29) is 13.2 Å². The highest BCUT2D eigenvalue weighted by molar-refractivity contribution is 6.34. The summed E-state index contributed by atoms with van der Waals surface area (Å²) in [5.74, 6) is 1.09. The third-order valence-electron chi connectivity index (χ3n) is 4.49. The molecule has 1 aromatic carbocycles. The van der Waals surface area contributed by atoms with Crippen LogP contribution in [0.5, 0.6) is 11.5 Å². The number of halogens is 2. The zero-order chi connectivity index (χ0) is 22.5. The standard InChI is InChI=1S/C21H29Cl2N3O4/c1-6-17-19(30-16-11-14(22)10-15(23)12-16)18(13-29-7-2)26(24-17)9-8-25(20(27)28)21(3,4)5/h10-12H,6-9,13H2,1-5H3,(H,27,28). The van der Waals surface area contributed by atoms with E-state index in [0.29, 0.717) is 41.1 Å². The third-order valence-corrected chi connectivity index (χ3v) is 4.92. The van der Waals surface area contributed by atoms with Crippen molar-refractivity contribution in [2.24, 2.45) is 0 Å². The lowest BCUT2D eigenvalue weighted by Crippen LogP contribution is -2.46. The lowest BCUT2D eigenvalue weighted by atomic mass is 10.1. The molecule has 9 heteroatoms. The highest BCUT2D eigenvalue weighted by Crippen LogP contribution is 2.33. The summed E-state index contributed by atoms with van der Waals surface area (Å²) in [6.07, 6.45) is -0.334. The Hall–Kier alpha value is -1.96. The number of hydrogen-bond acceptors (Lipinski definition) is 4. The number of carboxylic acid groups (broad SMARTS) is 1. The van der Waals surface area contributed by atoms with Gasteiger partial charge in [-0.3, -0.25) is 4.68 Å². The van der Waals surface area contributed by atoms with Crippen LogP contribution in [0.1, 0.15) is 46.0 Å². The fourth-order valence-corrected chi connectivity index (χ4v) is 3.53. The SMILES string of the molecule is CCOCc1c(Oc2cc(Cl)cc(Cl)c2)c(CC)nn1CCN(C(=O)O)C(C)(C)C. The molecular weight excluding hydrogens is 429 g/mol. The van der Waals surface area contributed by atoms with E-state index in [0.717, 1.165) is 11.4 Å². The zero-order valence-corrected chi connectivity index (χ0v) is 19.5. The van der Waals surface area contributed by atoms with Crippen molar-refractivity contribution in [3.05, 3.63) is 39.6 Å². The molecule has 166 valence electrons. The van der Waals surface area contributed by atoms with E-state index in [4.69, 9.17) is 32.7 Å². The summed E-state index contributed by atoms with van der Waals surface area (Å²) in [5.41, 5.74) is 0.964. The Morgan fingerprint density at radius 3 is 2.33 bits per heavy atom. The molecule has 30 heavy (non-hydrogen) atoms. The topological polar surface area (TPSA) is 76.8 Å². The van der Waals surface area contributed by atoms with Gasteiger partial charge in [0.2, 0.25) is 0 Å². The van der Waals surface area contributed by atoms with Gasteiger partial charge in [-0.05, 0) is 52.3 Å². The van der Waals surface area contributed by atoms with Gasteiger partial charge in [0, 0.05) is 28.7 Å². The molecule has 1 amide bonds. The molecule has 7 nitrogen and oxygen atoms in total. The van der Waals surface area contributed by atoms with Crippen LogP contribution in [0.3, 0.4) is 0 Å². The van der Waals surface area contributed by atoms with Gasteiger partial charge in [-0.2, -0.15) is 5.10 Å². The fraction of sp³-hybridized carbons (Fsp3) is 0.524. The maximum absolute atomic E-state index is 11.7. The highest BCUT2D eigenvalue weighted by atomic mass is 35.5. The van der Waals surface area contributed by atoms with Crippen molar-refractivity contribution in [3.8, 4) is 11.5 Å². The maximum atomic E-state index is 11.7. The summed E-state index contributed by atoms with van der Waals surface area (Å²) in [5, 5.41) is 15.2. The third kappa shape index (κ3) is 6.27. The first kappa shape index (κ1) is 24.3. The average Bonchev–Trinajstić information content (AvgIpc) is 2.94. The Kier molecular flexibility index (Phi) is 8.41. The minimum absolute atomic E-state index is 0.283. The van der Waals surface area contributed by atoms with Crippen LogP contribution in [0.15, 0.2) is 18.2 Å². The zero-order valence-electron chi connectivity index (χ0n) is 18.0. The molecule has 1 heterocycles. The van der Waals surface area contributed by atoms with Crippen LogP contribution in [-0.2, 0) is 24.3 Å². The molecule has 1 N–H and O–H groups in total. The van der Waals surface area contributed by atoms with Gasteiger partial charge in [0.25, 0.3) is 0 Å². The van der Waals surface area contributed by atoms with Crippen LogP contribution in [0.25, 0.3) is 0 Å². The van der Waals surface area contributed by atoms with E-state index in [2.05, 4.69) is 5.10 Å². The number of aromatic nitrogens is 2. The van der Waals surface area contributed by atoms with Crippen LogP contribution >= 0.6 is 23.2 Å². The number of rotatable bonds is 9. The Morgan fingerprint density at radius 1 is 1.20 bits per heavy atom. The van der Waals surface area contributed by atoms with Gasteiger partial charge in [0.1, 0.15) is 17.1 Å². The fourth-order valence-electron chi connectivity index (χ4n) is 3.03. The second kappa shape index (κ2) is 10.4. The molecule has 0 aliphatic heterocycles. The van der Waals surface area contributed by atoms with Gasteiger partial charge in [0.15, 0.2) is 5.75 Å². The number of aryl methyl sites for hydroxylation is 1. The number of hydrogen-bond donors (Lipinski definition) is 1. The van der Waals surface area contributed by atoms with Crippen LogP contribution in [0, 0.1) is 0 Å². The van der Waals surface area contributed by atoms with E-state index >= 15 is 0 Å². The average molecular weight is 458 g/mol. The molecule has 0 aliphatic rings. The van der Waals surface area contributed by atoms with Crippen LogP contribution in [0.2, 0.25) is 10.0 Å². The van der Waals surface area contributed by atoms with Crippen LogP contribution in [0.4, 0.5) is 4.79 Å². The smallest absolute Gasteiger partial charge is 0.407 e. The summed E-state index contributed by atoms with van der Waals surface area (Å²) in [4.78, 5) is 13.1. The summed E-state index contributed by atoms with van der Waals surface area (Å²) < 4.78 is 13.5. The Morgan fingerprint density at radius 2 is 1.83 bits per heavy atom. The number of ether oxygens (including phenoxy) is 2. The van der Waals surface area contributed by atoms with Crippen molar-refractivity contribution in [3.63, 3.8) is 0 Å². The van der Waals surface area contributed by atoms with Crippen LogP contribution < -0.4 is 4.74 Å². The quantitative estimate of drug-likeness (QED) is 0.509. The molecule has 2 aromatic rings. The van der Waals surface area contributed by atoms with Crippen molar-refractivity contribution >= 4 is 29.3 Å². The number of nitrogens with zero attached hydrogens (tertiary/aromatic N) is 3. The summed E-state index contributed by atoms with van der Waals surface area (Å²) in [7, 11) is 0. The molecule has 0 fully saturated rings. The van der Waals surface area contributed by atoms with Gasteiger partial charge in [-0.1, -0.05) is 30.1 Å². The molecule has 0 aliphatic carbocycles. The molecule has 0 spiro atoms. The van der Waals surface area contributed by atoms with Crippen molar-refractivity contribution in [1.29, 1.82) is 0 Å². The van der Waals surface area contributed by atoms with Crippen molar-refractivity contribution < 1.29 is 19.4 Å². The summed E-state index contributed by atoms with van der Waals surface area (Å²) in [6, 6.07) is 5.00. The minimum atomic E-state index is -0.971. The van der Waals surface area contributed by atoms with Crippen molar-refractivity contribution in [2.45, 2.75) is 59.7 Å². The van der Waals surface area contributed by atoms with Crippen molar-refractivity contribution in [1.82, 2.24) is 14.7 Å². The summed E-state index contributed by atoms with van der Waals surface area (Å²) in [6.45, 7) is 10.9. The predicted molar refractivity (Wildman–Crippen MR) is 118 cm³/mol. The molecular formula is C21H29Cl2N3O4. The van der Waals surface area contributed by atoms with Gasteiger partial charge in [-0.15, -0.1) is 0 Å². The second-order valence-electron chi connectivity index (χ2n) is 7.75. The molecule has 0 radical (unpaired) electrons. The van der Waals surface area contributed by atoms with E-state index in [1.807, 2.05) is 34.6 Å². The number of benzene rings is 1. The lowest BCUT2D eigenvalue weighted by molar-refractivity contribution is 0.0950. The first-order valence-electron chi connectivity index (χ1n) is 9.87. The van der Waals surface area contributed by atoms with Gasteiger partial charge in [0.05, 0.1) is 13.2 Å². The Balaban J connectivity index is 2.39. The molecule has 0 saturated carbocycles. The Labute approximate surface area is 187 Å². The number of carbonyl (C=O) groups is 1. The van der Waals surface area contributed by atoms with E-state index in [9.17, 15) is 9.90 Å². The first-order valence-corrected chi connectivity index (χ1v) is 10.6. The monoisotopic (exact) mass is 457 g/mol. The lowest BCUT2D eigenvalue weighted by Gasteiger charge is -2.33. The second-order valence-corrected chi connectivity index (χ2v) is 8.62. The number of amides is 1. The maximum Gasteiger partial charge on any atom is 0.407 e. The van der Waals surface area contributed by atoms with Crippen LogP contribution in [-0.4, -0.2) is 44.6 Å². The largest absolute Gasteiger partial charge is 0.465 e.